The van der Waals surface area contributed by atoms with Crippen molar-refractivity contribution >= 4 is 34.9 Å². The van der Waals surface area contributed by atoms with Crippen LogP contribution in [0.25, 0.3) is 0 Å². The molecule has 1 atom stereocenters. The van der Waals surface area contributed by atoms with E-state index in [0.29, 0.717) is 17.0 Å². The van der Waals surface area contributed by atoms with Crippen LogP contribution in [0, 0.1) is 5.92 Å². The van der Waals surface area contributed by atoms with Crippen LogP contribution in [0.2, 0.25) is 0 Å². The maximum atomic E-state index is 5.42. The number of anilines is 3. The van der Waals surface area contributed by atoms with E-state index in [9.17, 15) is 0 Å². The van der Waals surface area contributed by atoms with Gasteiger partial charge < -0.3 is 20.4 Å². The normalized spacial score (nSPS) is 21.1. The van der Waals surface area contributed by atoms with Gasteiger partial charge in [0.05, 0.1) is 0 Å². The number of rotatable bonds is 4. The number of aromatic nitrogens is 2. The summed E-state index contributed by atoms with van der Waals surface area (Å²) in [5.74, 6) is 3.35. The van der Waals surface area contributed by atoms with Crippen LogP contribution in [0.15, 0.2) is 6.07 Å². The highest BCUT2D eigenvalue weighted by Crippen LogP contribution is 2.27. The fourth-order valence-corrected chi connectivity index (χ4v) is 4.23. The SMILES string of the molecule is CC(C)NC(=S)Nc1nc(N2CCCCCC2)cc(N2CCC[C@@H](C)C2)n1. The first-order valence-corrected chi connectivity index (χ1v) is 10.9. The summed E-state index contributed by atoms with van der Waals surface area (Å²) >= 11 is 5.42. The predicted octanol–water partition coefficient (Wildman–Crippen LogP) is 3.79. The van der Waals surface area contributed by atoms with Gasteiger partial charge in [-0.05, 0) is 57.7 Å². The molecular weight excluding hydrogens is 356 g/mol. The van der Waals surface area contributed by atoms with E-state index in [1.807, 2.05) is 0 Å². The van der Waals surface area contributed by atoms with Crippen molar-refractivity contribution in [3.05, 3.63) is 6.07 Å². The number of piperidine rings is 1. The van der Waals surface area contributed by atoms with Gasteiger partial charge in [-0.3, -0.25) is 0 Å². The fraction of sp³-hybridized carbons (Fsp3) is 0.750. The molecule has 1 aromatic heterocycles. The molecule has 0 aliphatic carbocycles. The lowest BCUT2D eigenvalue weighted by Gasteiger charge is -2.33. The predicted molar refractivity (Wildman–Crippen MR) is 118 cm³/mol. The quantitative estimate of drug-likeness (QED) is 0.759. The first kappa shape index (κ1) is 20.1. The Labute approximate surface area is 169 Å². The minimum Gasteiger partial charge on any atom is -0.360 e. The number of nitrogens with zero attached hydrogens (tertiary/aromatic N) is 4. The van der Waals surface area contributed by atoms with Gasteiger partial charge >= 0.3 is 0 Å². The number of thiocarbonyl (C=S) groups is 1. The zero-order valence-electron chi connectivity index (χ0n) is 17.0. The van der Waals surface area contributed by atoms with E-state index >= 15 is 0 Å². The minimum atomic E-state index is 0.279. The van der Waals surface area contributed by atoms with Gasteiger partial charge in [-0.2, -0.15) is 9.97 Å². The zero-order chi connectivity index (χ0) is 19.2. The lowest BCUT2D eigenvalue weighted by molar-refractivity contribution is 0.444. The molecule has 0 spiro atoms. The van der Waals surface area contributed by atoms with Crippen molar-refractivity contribution in [2.24, 2.45) is 5.92 Å². The van der Waals surface area contributed by atoms with E-state index in [-0.39, 0.29) is 6.04 Å². The highest BCUT2D eigenvalue weighted by molar-refractivity contribution is 7.80. The topological polar surface area (TPSA) is 56.3 Å². The molecule has 0 bridgehead atoms. The standard InChI is InChI=1S/C20H34N6S/c1-15(2)21-20(27)24-19-22-17(25-10-6-4-5-7-11-25)13-18(23-19)26-12-8-9-16(3)14-26/h13,15-16H,4-12,14H2,1-3H3,(H2,21,22,23,24,27)/t16-/m1/s1. The molecule has 3 rings (SSSR count). The maximum absolute atomic E-state index is 5.42. The van der Waals surface area contributed by atoms with Crippen LogP contribution in [0.1, 0.15) is 59.3 Å². The number of hydrogen-bond donors (Lipinski definition) is 2. The minimum absolute atomic E-state index is 0.279. The van der Waals surface area contributed by atoms with Crippen LogP contribution in [0.5, 0.6) is 0 Å². The zero-order valence-corrected chi connectivity index (χ0v) is 17.8. The Bertz CT molecular complexity index is 607. The van der Waals surface area contributed by atoms with Crippen molar-refractivity contribution in [3.63, 3.8) is 0 Å². The number of hydrogen-bond acceptors (Lipinski definition) is 5. The van der Waals surface area contributed by atoms with Gasteiger partial charge in [0.1, 0.15) is 11.6 Å². The monoisotopic (exact) mass is 390 g/mol. The molecule has 2 fully saturated rings. The highest BCUT2D eigenvalue weighted by Gasteiger charge is 2.21. The molecule has 2 aliphatic rings. The Kier molecular flexibility index (Phi) is 7.10. The second kappa shape index (κ2) is 9.53. The molecule has 6 nitrogen and oxygen atoms in total. The average Bonchev–Trinajstić information content (AvgIpc) is 2.90. The van der Waals surface area contributed by atoms with Crippen molar-refractivity contribution in [1.82, 2.24) is 15.3 Å². The van der Waals surface area contributed by atoms with Gasteiger partial charge in [-0.25, -0.2) is 0 Å². The summed E-state index contributed by atoms with van der Waals surface area (Å²) < 4.78 is 0. The van der Waals surface area contributed by atoms with E-state index in [2.05, 4.69) is 47.3 Å². The smallest absolute Gasteiger partial charge is 0.232 e. The van der Waals surface area contributed by atoms with Gasteiger partial charge in [-0.1, -0.05) is 19.8 Å². The van der Waals surface area contributed by atoms with Crippen LogP contribution < -0.4 is 20.4 Å². The van der Waals surface area contributed by atoms with Crippen molar-refractivity contribution in [2.45, 2.75) is 65.3 Å². The van der Waals surface area contributed by atoms with Gasteiger partial charge in [0.25, 0.3) is 0 Å². The first-order valence-electron chi connectivity index (χ1n) is 10.5. The fourth-order valence-electron chi connectivity index (χ4n) is 3.90. The molecule has 3 heterocycles. The van der Waals surface area contributed by atoms with Crippen molar-refractivity contribution in [3.8, 4) is 0 Å². The maximum Gasteiger partial charge on any atom is 0.232 e. The summed E-state index contributed by atoms with van der Waals surface area (Å²) in [4.78, 5) is 14.4. The second-order valence-electron chi connectivity index (χ2n) is 8.26. The molecule has 1 aromatic rings. The van der Waals surface area contributed by atoms with E-state index in [1.165, 1.54) is 38.5 Å². The Morgan fingerprint density at radius 3 is 2.30 bits per heavy atom. The first-order chi connectivity index (χ1) is 13.0. The van der Waals surface area contributed by atoms with Crippen LogP contribution in [0.3, 0.4) is 0 Å². The molecule has 2 N–H and O–H groups in total. The lowest BCUT2D eigenvalue weighted by Crippen LogP contribution is -2.37. The largest absolute Gasteiger partial charge is 0.360 e. The van der Waals surface area contributed by atoms with E-state index in [4.69, 9.17) is 22.2 Å². The van der Waals surface area contributed by atoms with Crippen molar-refractivity contribution < 1.29 is 0 Å². The molecule has 0 aromatic carbocycles. The molecule has 0 amide bonds. The Hall–Kier alpha value is -1.63. The van der Waals surface area contributed by atoms with E-state index < -0.39 is 0 Å². The molecule has 0 unspecified atom stereocenters. The molecule has 2 saturated heterocycles. The summed E-state index contributed by atoms with van der Waals surface area (Å²) in [5, 5.41) is 7.00. The van der Waals surface area contributed by atoms with E-state index in [1.54, 1.807) is 0 Å². The lowest BCUT2D eigenvalue weighted by atomic mass is 10.0. The molecule has 0 saturated carbocycles. The second-order valence-corrected chi connectivity index (χ2v) is 8.66. The molecule has 0 radical (unpaired) electrons. The van der Waals surface area contributed by atoms with Crippen LogP contribution in [-0.2, 0) is 0 Å². The molecular formula is C20H34N6S. The third-order valence-electron chi connectivity index (χ3n) is 5.26. The molecule has 27 heavy (non-hydrogen) atoms. The Balaban J connectivity index is 1.85. The Morgan fingerprint density at radius 2 is 1.67 bits per heavy atom. The average molecular weight is 391 g/mol. The van der Waals surface area contributed by atoms with Crippen LogP contribution in [-0.4, -0.2) is 47.3 Å². The molecule has 7 heteroatoms. The summed E-state index contributed by atoms with van der Waals surface area (Å²) in [5.41, 5.74) is 0. The summed E-state index contributed by atoms with van der Waals surface area (Å²) in [6.07, 6.45) is 7.61. The van der Waals surface area contributed by atoms with Gasteiger partial charge in [-0.15, -0.1) is 0 Å². The van der Waals surface area contributed by atoms with Gasteiger partial charge in [0.15, 0.2) is 5.11 Å². The third-order valence-corrected chi connectivity index (χ3v) is 5.48. The van der Waals surface area contributed by atoms with Crippen LogP contribution >= 0.6 is 12.2 Å². The van der Waals surface area contributed by atoms with Gasteiger partial charge in [0.2, 0.25) is 5.95 Å². The van der Waals surface area contributed by atoms with Crippen molar-refractivity contribution in [2.75, 3.05) is 41.3 Å². The molecule has 150 valence electrons. The summed E-state index contributed by atoms with van der Waals surface area (Å²) in [7, 11) is 0. The summed E-state index contributed by atoms with van der Waals surface area (Å²) in [6, 6.07) is 2.45. The highest BCUT2D eigenvalue weighted by atomic mass is 32.1. The van der Waals surface area contributed by atoms with Gasteiger partial charge in [0, 0.05) is 38.3 Å². The van der Waals surface area contributed by atoms with E-state index in [0.717, 1.165) is 37.8 Å². The van der Waals surface area contributed by atoms with Crippen LogP contribution in [0.4, 0.5) is 17.6 Å². The third kappa shape index (κ3) is 5.92. The number of nitrogens with one attached hydrogen (secondary N) is 2. The molecule has 2 aliphatic heterocycles. The Morgan fingerprint density at radius 1 is 1.04 bits per heavy atom. The van der Waals surface area contributed by atoms with Crippen molar-refractivity contribution in [1.29, 1.82) is 0 Å². The summed E-state index contributed by atoms with van der Waals surface area (Å²) in [6.45, 7) is 10.7.